The molecule has 106 valence electrons. The Morgan fingerprint density at radius 2 is 2.20 bits per heavy atom. The quantitative estimate of drug-likeness (QED) is 0.861. The van der Waals surface area contributed by atoms with Gasteiger partial charge in [-0.25, -0.2) is 4.39 Å². The molecule has 0 saturated heterocycles. The lowest BCUT2D eigenvalue weighted by molar-refractivity contribution is 0.624. The van der Waals surface area contributed by atoms with Crippen LogP contribution in [0.5, 0.6) is 0 Å². The van der Waals surface area contributed by atoms with E-state index in [1.807, 2.05) is 13.0 Å². The maximum Gasteiger partial charge on any atom is 0.191 e. The fourth-order valence-electron chi connectivity index (χ4n) is 2.18. The Hall–Kier alpha value is -1.40. The number of thioether (sulfide) groups is 1. The number of nitrogens with zero attached hydrogens (tertiary/aromatic N) is 3. The largest absolute Gasteiger partial charge is 0.324 e. The molecule has 0 spiro atoms. The van der Waals surface area contributed by atoms with Crippen molar-refractivity contribution < 1.29 is 4.39 Å². The van der Waals surface area contributed by atoms with Gasteiger partial charge in [0.15, 0.2) is 5.16 Å². The average Bonchev–Trinajstić information content (AvgIpc) is 3.20. The fraction of sp³-hybridized carbons (Fsp3) is 0.429. The van der Waals surface area contributed by atoms with Crippen molar-refractivity contribution in [2.45, 2.75) is 43.3 Å². The van der Waals surface area contributed by atoms with Gasteiger partial charge in [-0.2, -0.15) is 0 Å². The van der Waals surface area contributed by atoms with E-state index in [4.69, 9.17) is 5.73 Å². The molecule has 0 aliphatic heterocycles. The van der Waals surface area contributed by atoms with Gasteiger partial charge in [0.05, 0.1) is 6.54 Å². The number of nitrogens with two attached hydrogens (primary N) is 1. The van der Waals surface area contributed by atoms with Gasteiger partial charge < -0.3 is 10.3 Å². The monoisotopic (exact) mass is 292 g/mol. The highest BCUT2D eigenvalue weighted by Crippen LogP contribution is 2.39. The van der Waals surface area contributed by atoms with Gasteiger partial charge in [-0.05, 0) is 43.0 Å². The van der Waals surface area contributed by atoms with Crippen molar-refractivity contribution in [3.05, 3.63) is 41.0 Å². The van der Waals surface area contributed by atoms with E-state index in [1.165, 1.54) is 6.07 Å². The number of benzene rings is 1. The minimum absolute atomic E-state index is 0.197. The first-order valence-electron chi connectivity index (χ1n) is 6.70. The average molecular weight is 292 g/mol. The summed E-state index contributed by atoms with van der Waals surface area (Å²) in [5, 5.41) is 9.24. The van der Waals surface area contributed by atoms with Crippen molar-refractivity contribution in [1.29, 1.82) is 0 Å². The van der Waals surface area contributed by atoms with Gasteiger partial charge >= 0.3 is 0 Å². The number of hydrogen-bond acceptors (Lipinski definition) is 4. The van der Waals surface area contributed by atoms with Gasteiger partial charge in [0, 0.05) is 11.8 Å². The minimum Gasteiger partial charge on any atom is -0.324 e. The molecule has 1 aromatic carbocycles. The van der Waals surface area contributed by atoms with Crippen LogP contribution in [0.15, 0.2) is 23.4 Å². The summed E-state index contributed by atoms with van der Waals surface area (Å²) in [4.78, 5) is 0. The van der Waals surface area contributed by atoms with E-state index in [0.717, 1.165) is 34.9 Å². The summed E-state index contributed by atoms with van der Waals surface area (Å²) in [5.74, 6) is 1.34. The Bertz CT molecular complexity index is 622. The minimum atomic E-state index is -0.197. The van der Waals surface area contributed by atoms with Crippen LogP contribution < -0.4 is 5.73 Å². The van der Waals surface area contributed by atoms with Crippen molar-refractivity contribution in [3.8, 4) is 0 Å². The van der Waals surface area contributed by atoms with Gasteiger partial charge in [0.25, 0.3) is 0 Å². The Kier molecular flexibility index (Phi) is 3.76. The van der Waals surface area contributed by atoms with E-state index in [0.29, 0.717) is 18.3 Å². The van der Waals surface area contributed by atoms with Crippen LogP contribution in [0.1, 0.15) is 35.8 Å². The molecular formula is C14H17FN4S. The summed E-state index contributed by atoms with van der Waals surface area (Å²) in [6.07, 6.45) is 2.33. The molecule has 20 heavy (non-hydrogen) atoms. The molecule has 1 heterocycles. The van der Waals surface area contributed by atoms with Crippen molar-refractivity contribution in [3.63, 3.8) is 0 Å². The third kappa shape index (κ3) is 2.71. The van der Waals surface area contributed by atoms with E-state index in [2.05, 4.69) is 14.8 Å². The molecule has 0 bridgehead atoms. The zero-order chi connectivity index (χ0) is 14.1. The zero-order valence-corrected chi connectivity index (χ0v) is 12.2. The van der Waals surface area contributed by atoms with E-state index in [9.17, 15) is 4.39 Å². The number of aromatic nitrogens is 3. The molecule has 1 fully saturated rings. The molecule has 2 aromatic rings. The summed E-state index contributed by atoms with van der Waals surface area (Å²) in [7, 11) is 0. The van der Waals surface area contributed by atoms with Crippen molar-refractivity contribution in [2.24, 2.45) is 5.73 Å². The molecule has 0 unspecified atom stereocenters. The molecule has 1 aliphatic rings. The number of halogens is 1. The summed E-state index contributed by atoms with van der Waals surface area (Å²) in [6.45, 7) is 2.40. The van der Waals surface area contributed by atoms with Gasteiger partial charge in [0.1, 0.15) is 11.6 Å². The number of rotatable bonds is 5. The highest BCUT2D eigenvalue weighted by molar-refractivity contribution is 7.98. The maximum absolute atomic E-state index is 13.3. The first-order valence-corrected chi connectivity index (χ1v) is 7.69. The van der Waals surface area contributed by atoms with E-state index < -0.39 is 0 Å². The highest BCUT2D eigenvalue weighted by Gasteiger charge is 2.29. The molecular weight excluding hydrogens is 275 g/mol. The van der Waals surface area contributed by atoms with Crippen LogP contribution in [-0.4, -0.2) is 14.8 Å². The van der Waals surface area contributed by atoms with E-state index in [1.54, 1.807) is 17.8 Å². The molecule has 0 atom stereocenters. The summed E-state index contributed by atoms with van der Waals surface area (Å²) >= 11 is 1.59. The molecule has 6 heteroatoms. The number of hydrogen-bond donors (Lipinski definition) is 1. The second kappa shape index (κ2) is 5.54. The van der Waals surface area contributed by atoms with Crippen LogP contribution in [0.3, 0.4) is 0 Å². The standard InChI is InChI=1S/C14H17FN4S/c1-9-2-3-11(15)6-10(9)8-20-14-18-17-13(7-16)19(14)12-4-5-12/h2-3,6,12H,4-5,7-8,16H2,1H3. The van der Waals surface area contributed by atoms with Crippen LogP contribution in [0.4, 0.5) is 4.39 Å². The van der Waals surface area contributed by atoms with Gasteiger partial charge in [0.2, 0.25) is 0 Å². The second-order valence-electron chi connectivity index (χ2n) is 5.06. The predicted molar refractivity (Wildman–Crippen MR) is 76.9 cm³/mol. The Balaban J connectivity index is 1.78. The molecule has 3 rings (SSSR count). The Labute approximate surface area is 121 Å². The van der Waals surface area contributed by atoms with Crippen molar-refractivity contribution >= 4 is 11.8 Å². The predicted octanol–water partition coefficient (Wildman–Crippen LogP) is 2.81. The molecule has 1 aliphatic carbocycles. The normalized spacial score (nSPS) is 14.8. The fourth-order valence-corrected chi connectivity index (χ4v) is 3.27. The first-order chi connectivity index (χ1) is 9.69. The zero-order valence-electron chi connectivity index (χ0n) is 11.3. The molecule has 1 saturated carbocycles. The van der Waals surface area contributed by atoms with Gasteiger partial charge in [-0.1, -0.05) is 17.8 Å². The van der Waals surface area contributed by atoms with Crippen LogP contribution in [0, 0.1) is 12.7 Å². The van der Waals surface area contributed by atoms with Gasteiger partial charge in [-0.3, -0.25) is 0 Å². The SMILES string of the molecule is Cc1ccc(F)cc1CSc1nnc(CN)n1C1CC1. The van der Waals surface area contributed by atoms with Crippen LogP contribution in [-0.2, 0) is 12.3 Å². The summed E-state index contributed by atoms with van der Waals surface area (Å²) in [6, 6.07) is 5.38. The third-order valence-corrected chi connectivity index (χ3v) is 4.49. The lowest BCUT2D eigenvalue weighted by Gasteiger charge is -2.08. The van der Waals surface area contributed by atoms with E-state index in [-0.39, 0.29) is 5.82 Å². The highest BCUT2D eigenvalue weighted by atomic mass is 32.2. The summed E-state index contributed by atoms with van der Waals surface area (Å²) in [5.41, 5.74) is 7.79. The lowest BCUT2D eigenvalue weighted by atomic mass is 10.1. The van der Waals surface area contributed by atoms with Gasteiger partial charge in [-0.15, -0.1) is 10.2 Å². The molecule has 0 amide bonds. The lowest BCUT2D eigenvalue weighted by Crippen LogP contribution is -2.08. The van der Waals surface area contributed by atoms with Crippen molar-refractivity contribution in [2.75, 3.05) is 0 Å². The Morgan fingerprint density at radius 1 is 1.40 bits per heavy atom. The van der Waals surface area contributed by atoms with E-state index >= 15 is 0 Å². The van der Waals surface area contributed by atoms with Crippen molar-refractivity contribution in [1.82, 2.24) is 14.8 Å². The second-order valence-corrected chi connectivity index (χ2v) is 6.01. The molecule has 4 nitrogen and oxygen atoms in total. The smallest absolute Gasteiger partial charge is 0.191 e. The first kappa shape index (κ1) is 13.6. The summed E-state index contributed by atoms with van der Waals surface area (Å²) < 4.78 is 15.4. The topological polar surface area (TPSA) is 56.7 Å². The van der Waals surface area contributed by atoms with Crippen LogP contribution in [0.2, 0.25) is 0 Å². The Morgan fingerprint density at radius 3 is 2.90 bits per heavy atom. The molecule has 2 N–H and O–H groups in total. The maximum atomic E-state index is 13.3. The molecule has 1 aromatic heterocycles. The van der Waals surface area contributed by atoms with Crippen LogP contribution in [0.25, 0.3) is 0 Å². The third-order valence-electron chi connectivity index (χ3n) is 3.50. The molecule has 0 radical (unpaired) electrons. The number of aryl methyl sites for hydroxylation is 1. The van der Waals surface area contributed by atoms with Crippen LogP contribution >= 0.6 is 11.8 Å².